The van der Waals surface area contributed by atoms with E-state index in [4.69, 9.17) is 10.8 Å². The van der Waals surface area contributed by atoms with E-state index in [1.807, 2.05) is 0 Å². The molecule has 8 heteroatoms. The Morgan fingerprint density at radius 3 is 2.47 bits per heavy atom. The molecule has 0 heterocycles. The van der Waals surface area contributed by atoms with E-state index in [9.17, 15) is 18.8 Å². The lowest BCUT2D eigenvalue weighted by molar-refractivity contribution is -0.138. The normalized spacial score (nSPS) is 10.0. The van der Waals surface area contributed by atoms with Gasteiger partial charge in [0, 0.05) is 0 Å². The molecule has 19 heavy (non-hydrogen) atoms. The summed E-state index contributed by atoms with van der Waals surface area (Å²) in [5.41, 5.74) is 4.59. The van der Waals surface area contributed by atoms with E-state index in [-0.39, 0.29) is 10.0 Å². The van der Waals surface area contributed by atoms with E-state index in [1.165, 1.54) is 18.2 Å². The van der Waals surface area contributed by atoms with E-state index < -0.39 is 36.7 Å². The fourth-order valence-electron chi connectivity index (χ4n) is 1.39. The summed E-state index contributed by atoms with van der Waals surface area (Å²) in [4.78, 5) is 34.1. The van der Waals surface area contributed by atoms with E-state index >= 15 is 0 Å². The number of carboxylic acids is 1. The van der Waals surface area contributed by atoms with Crippen molar-refractivity contribution in [2.45, 2.75) is 0 Å². The van der Waals surface area contributed by atoms with Crippen LogP contribution in [0.2, 0.25) is 0 Å². The van der Waals surface area contributed by atoms with Crippen LogP contribution < -0.4 is 5.73 Å². The van der Waals surface area contributed by atoms with E-state index in [0.717, 1.165) is 0 Å². The molecule has 1 aromatic rings. The van der Waals surface area contributed by atoms with Gasteiger partial charge in [-0.05, 0) is 28.1 Å². The number of halogens is 2. The number of amides is 2. The van der Waals surface area contributed by atoms with Gasteiger partial charge in [0.25, 0.3) is 5.91 Å². The van der Waals surface area contributed by atoms with Crippen LogP contribution in [-0.4, -0.2) is 40.9 Å². The second kappa shape index (κ2) is 6.28. The minimum Gasteiger partial charge on any atom is -0.480 e. The summed E-state index contributed by atoms with van der Waals surface area (Å²) >= 11 is 2.91. The first-order chi connectivity index (χ1) is 8.82. The molecule has 0 radical (unpaired) electrons. The number of benzene rings is 1. The first-order valence-corrected chi connectivity index (χ1v) is 5.85. The van der Waals surface area contributed by atoms with Gasteiger partial charge < -0.3 is 15.7 Å². The highest BCUT2D eigenvalue weighted by Gasteiger charge is 2.23. The van der Waals surface area contributed by atoms with Gasteiger partial charge in [-0.3, -0.25) is 14.4 Å². The SMILES string of the molecule is NC(=O)CN(CC(=O)O)C(=O)c1cccc(Br)c1F. The van der Waals surface area contributed by atoms with Crippen LogP contribution >= 0.6 is 15.9 Å². The molecule has 0 atom stereocenters. The molecule has 2 amide bonds. The van der Waals surface area contributed by atoms with Crippen molar-refractivity contribution < 1.29 is 23.9 Å². The van der Waals surface area contributed by atoms with Gasteiger partial charge in [-0.25, -0.2) is 4.39 Å². The van der Waals surface area contributed by atoms with Crippen LogP contribution in [0.3, 0.4) is 0 Å². The quantitative estimate of drug-likeness (QED) is 0.824. The molecule has 0 fully saturated rings. The average Bonchev–Trinajstić information content (AvgIpc) is 2.30. The Kier molecular flexibility index (Phi) is 4.99. The molecule has 1 rings (SSSR count). The van der Waals surface area contributed by atoms with Gasteiger partial charge in [0.2, 0.25) is 5.91 Å². The molecule has 0 bridgehead atoms. The third-order valence-corrected chi connectivity index (χ3v) is 2.75. The third-order valence-electron chi connectivity index (χ3n) is 2.14. The molecule has 102 valence electrons. The zero-order chi connectivity index (χ0) is 14.6. The summed E-state index contributed by atoms with van der Waals surface area (Å²) in [5.74, 6) is -3.96. The predicted molar refractivity (Wildman–Crippen MR) is 66.8 cm³/mol. The zero-order valence-corrected chi connectivity index (χ0v) is 11.2. The summed E-state index contributed by atoms with van der Waals surface area (Å²) in [6, 6.07) is 4.00. The largest absolute Gasteiger partial charge is 0.480 e. The molecule has 0 aliphatic rings. The topological polar surface area (TPSA) is 101 Å². The van der Waals surface area contributed by atoms with Gasteiger partial charge in [0.1, 0.15) is 18.9 Å². The molecule has 3 N–H and O–H groups in total. The Morgan fingerprint density at radius 2 is 1.95 bits per heavy atom. The zero-order valence-electron chi connectivity index (χ0n) is 9.60. The lowest BCUT2D eigenvalue weighted by Gasteiger charge is -2.19. The van der Waals surface area contributed by atoms with Crippen molar-refractivity contribution in [2.24, 2.45) is 5.73 Å². The molecule has 0 saturated heterocycles. The average molecular weight is 333 g/mol. The van der Waals surface area contributed by atoms with Gasteiger partial charge in [0.05, 0.1) is 10.0 Å². The number of aliphatic carboxylic acids is 1. The summed E-state index contributed by atoms with van der Waals surface area (Å²) < 4.78 is 13.8. The van der Waals surface area contributed by atoms with E-state index in [2.05, 4.69) is 15.9 Å². The maximum atomic E-state index is 13.7. The summed E-state index contributed by atoms with van der Waals surface area (Å²) in [6.07, 6.45) is 0. The number of carbonyl (C=O) groups is 3. The van der Waals surface area contributed by atoms with Crippen LogP contribution in [0.15, 0.2) is 22.7 Å². The van der Waals surface area contributed by atoms with Crippen LogP contribution in [0.5, 0.6) is 0 Å². The Bertz CT molecular complexity index is 519. The van der Waals surface area contributed by atoms with Gasteiger partial charge >= 0.3 is 5.97 Å². The summed E-state index contributed by atoms with van der Waals surface area (Å²) in [5, 5.41) is 8.67. The molecule has 6 nitrogen and oxygen atoms in total. The first-order valence-electron chi connectivity index (χ1n) is 5.06. The molecular weight excluding hydrogens is 323 g/mol. The molecular formula is C11H10BrFN2O4. The standard InChI is InChI=1S/C11H10BrFN2O4/c12-7-3-1-2-6(10(7)13)11(19)15(4-8(14)16)5-9(17)18/h1-3H,4-5H2,(H2,14,16)(H,17,18). The van der Waals surface area contributed by atoms with Crippen LogP contribution in [0.1, 0.15) is 10.4 Å². The van der Waals surface area contributed by atoms with Crippen LogP contribution in [0.4, 0.5) is 4.39 Å². The molecule has 0 spiro atoms. The minimum absolute atomic E-state index is 0.0627. The molecule has 1 aromatic carbocycles. The third kappa shape index (κ3) is 4.02. The lowest BCUT2D eigenvalue weighted by Crippen LogP contribution is -2.41. The van der Waals surface area contributed by atoms with Crippen molar-refractivity contribution in [3.05, 3.63) is 34.1 Å². The molecule has 0 aromatic heterocycles. The number of primary amides is 1. The van der Waals surface area contributed by atoms with Gasteiger partial charge in [0.15, 0.2) is 0 Å². The smallest absolute Gasteiger partial charge is 0.323 e. The Hall–Kier alpha value is -1.96. The van der Waals surface area contributed by atoms with E-state index in [1.54, 1.807) is 0 Å². The number of carbonyl (C=O) groups excluding carboxylic acids is 2. The van der Waals surface area contributed by atoms with Crippen molar-refractivity contribution in [3.8, 4) is 0 Å². The second-order valence-corrected chi connectivity index (χ2v) is 4.48. The minimum atomic E-state index is -1.33. The predicted octanol–water partition coefficient (Wildman–Crippen LogP) is 0.600. The second-order valence-electron chi connectivity index (χ2n) is 3.62. The molecule has 0 saturated carbocycles. The summed E-state index contributed by atoms with van der Waals surface area (Å²) in [6.45, 7) is -1.34. The highest BCUT2D eigenvalue weighted by Crippen LogP contribution is 2.19. The van der Waals surface area contributed by atoms with Gasteiger partial charge in [-0.1, -0.05) is 6.07 Å². The number of hydrogen-bond donors (Lipinski definition) is 2. The number of carboxylic acid groups (broad SMARTS) is 1. The first kappa shape index (κ1) is 15.1. The van der Waals surface area contributed by atoms with E-state index in [0.29, 0.717) is 4.90 Å². The van der Waals surface area contributed by atoms with Crippen molar-refractivity contribution in [1.29, 1.82) is 0 Å². The van der Waals surface area contributed by atoms with Crippen LogP contribution in [-0.2, 0) is 9.59 Å². The van der Waals surface area contributed by atoms with Crippen LogP contribution in [0, 0.1) is 5.82 Å². The monoisotopic (exact) mass is 332 g/mol. The Balaban J connectivity index is 3.07. The fraction of sp³-hybridized carbons (Fsp3) is 0.182. The lowest BCUT2D eigenvalue weighted by atomic mass is 10.2. The van der Waals surface area contributed by atoms with Crippen LogP contribution in [0.25, 0.3) is 0 Å². The highest BCUT2D eigenvalue weighted by atomic mass is 79.9. The molecule has 0 aliphatic carbocycles. The summed E-state index contributed by atoms with van der Waals surface area (Å²) in [7, 11) is 0. The molecule has 0 aliphatic heterocycles. The maximum Gasteiger partial charge on any atom is 0.323 e. The molecule has 0 unspecified atom stereocenters. The number of nitrogens with zero attached hydrogens (tertiary/aromatic N) is 1. The maximum absolute atomic E-state index is 13.7. The Morgan fingerprint density at radius 1 is 1.32 bits per heavy atom. The fourth-order valence-corrected chi connectivity index (χ4v) is 1.76. The highest BCUT2D eigenvalue weighted by molar-refractivity contribution is 9.10. The van der Waals surface area contributed by atoms with Crippen molar-refractivity contribution in [1.82, 2.24) is 4.90 Å². The number of hydrogen-bond acceptors (Lipinski definition) is 3. The number of nitrogens with two attached hydrogens (primary N) is 1. The number of rotatable bonds is 5. The van der Waals surface area contributed by atoms with Crippen molar-refractivity contribution in [3.63, 3.8) is 0 Å². The van der Waals surface area contributed by atoms with Gasteiger partial charge in [-0.15, -0.1) is 0 Å². The van der Waals surface area contributed by atoms with Gasteiger partial charge in [-0.2, -0.15) is 0 Å². The van der Waals surface area contributed by atoms with Crippen molar-refractivity contribution in [2.75, 3.05) is 13.1 Å². The Labute approximate surface area is 116 Å². The van der Waals surface area contributed by atoms with Crippen molar-refractivity contribution >= 4 is 33.7 Å².